The van der Waals surface area contributed by atoms with Gasteiger partial charge in [0.05, 0.1) is 12.2 Å². The van der Waals surface area contributed by atoms with Crippen molar-refractivity contribution in [3.05, 3.63) is 11.6 Å². The molecule has 2 heterocycles. The van der Waals surface area contributed by atoms with Gasteiger partial charge in [-0.15, -0.1) is 0 Å². The first-order valence-corrected chi connectivity index (χ1v) is 11.5. The molecule has 6 nitrogen and oxygen atoms in total. The zero-order valence-corrected chi connectivity index (χ0v) is 18.3. The number of carbonyl (C=O) groups excluding carboxylic acids is 2. The smallest absolute Gasteiger partial charge is 0.193 e. The van der Waals surface area contributed by atoms with Crippen molar-refractivity contribution in [3.8, 4) is 0 Å². The van der Waals surface area contributed by atoms with E-state index in [2.05, 4.69) is 13.8 Å². The number of ketones is 2. The fraction of sp³-hybridized carbons (Fsp3) is 0.833. The van der Waals surface area contributed by atoms with E-state index in [1.807, 2.05) is 19.9 Å². The fourth-order valence-electron chi connectivity index (χ4n) is 8.73. The second kappa shape index (κ2) is 5.45. The predicted octanol–water partition coefficient (Wildman–Crippen LogP) is 2.71. The Balaban J connectivity index is 1.45. The number of rotatable bonds is 2. The highest BCUT2D eigenvalue weighted by Gasteiger charge is 2.84. The van der Waals surface area contributed by atoms with Crippen LogP contribution in [-0.2, 0) is 23.8 Å². The van der Waals surface area contributed by atoms with Crippen LogP contribution in [0.4, 0.5) is 0 Å². The first kappa shape index (κ1) is 19.6. The van der Waals surface area contributed by atoms with Crippen molar-refractivity contribution in [2.75, 3.05) is 6.61 Å². The minimum Gasteiger partial charge on any atom is -0.388 e. The summed E-state index contributed by atoms with van der Waals surface area (Å²) in [6.07, 6.45) is 6.39. The van der Waals surface area contributed by atoms with Crippen LogP contribution in [0.1, 0.15) is 66.2 Å². The van der Waals surface area contributed by atoms with Gasteiger partial charge in [0.15, 0.2) is 23.0 Å². The van der Waals surface area contributed by atoms with E-state index >= 15 is 0 Å². The molecule has 0 radical (unpaired) electrons. The van der Waals surface area contributed by atoms with Gasteiger partial charge in [0.2, 0.25) is 0 Å². The number of epoxide rings is 1. The fourth-order valence-corrected chi connectivity index (χ4v) is 8.73. The highest BCUT2D eigenvalue weighted by molar-refractivity contribution is 5.92. The van der Waals surface area contributed by atoms with Gasteiger partial charge in [-0.25, -0.2) is 0 Å². The van der Waals surface area contributed by atoms with E-state index < -0.39 is 23.4 Å². The van der Waals surface area contributed by atoms with E-state index in [0.717, 1.165) is 32.1 Å². The summed E-state index contributed by atoms with van der Waals surface area (Å²) in [7, 11) is 0. The average Bonchev–Trinajstić information content (AvgIpc) is 3.25. The molecule has 2 saturated heterocycles. The van der Waals surface area contributed by atoms with Crippen LogP contribution in [0.5, 0.6) is 0 Å². The summed E-state index contributed by atoms with van der Waals surface area (Å²) >= 11 is 0. The first-order chi connectivity index (χ1) is 14.0. The van der Waals surface area contributed by atoms with Crippen LogP contribution in [-0.4, -0.2) is 52.5 Å². The lowest BCUT2D eigenvalue weighted by atomic mass is 9.46. The van der Waals surface area contributed by atoms with Crippen molar-refractivity contribution >= 4 is 11.6 Å². The second-order valence-electron chi connectivity index (χ2n) is 11.4. The van der Waals surface area contributed by atoms with Gasteiger partial charge in [0.1, 0.15) is 12.2 Å². The van der Waals surface area contributed by atoms with Crippen molar-refractivity contribution in [2.45, 2.75) is 95.4 Å². The first-order valence-electron chi connectivity index (χ1n) is 11.5. The van der Waals surface area contributed by atoms with Crippen molar-refractivity contribution in [1.82, 2.24) is 0 Å². The largest absolute Gasteiger partial charge is 0.388 e. The summed E-state index contributed by atoms with van der Waals surface area (Å²) in [5.74, 6) is -0.338. The average molecular weight is 417 g/mol. The van der Waals surface area contributed by atoms with Crippen molar-refractivity contribution < 1.29 is 28.9 Å². The molecule has 2 aliphatic heterocycles. The van der Waals surface area contributed by atoms with Crippen LogP contribution in [0.3, 0.4) is 0 Å². The summed E-state index contributed by atoms with van der Waals surface area (Å²) in [6.45, 7) is 7.63. The lowest BCUT2D eigenvalue weighted by Crippen LogP contribution is -2.63. The molecule has 4 aliphatic carbocycles. The van der Waals surface area contributed by atoms with Crippen LogP contribution >= 0.6 is 0 Å². The van der Waals surface area contributed by atoms with Crippen molar-refractivity contribution in [1.29, 1.82) is 0 Å². The molecular formula is C24H32O6. The molecule has 3 saturated carbocycles. The molecule has 6 heteroatoms. The Hall–Kier alpha value is -1.08. The molecule has 6 aliphatic rings. The Bertz CT molecular complexity index is 892. The van der Waals surface area contributed by atoms with Gasteiger partial charge in [-0.2, -0.15) is 0 Å². The summed E-state index contributed by atoms with van der Waals surface area (Å²) in [4.78, 5) is 25.3. The van der Waals surface area contributed by atoms with Gasteiger partial charge in [-0.3, -0.25) is 9.59 Å². The van der Waals surface area contributed by atoms with Crippen molar-refractivity contribution in [3.63, 3.8) is 0 Å². The van der Waals surface area contributed by atoms with Crippen LogP contribution in [0.25, 0.3) is 0 Å². The Morgan fingerprint density at radius 1 is 1.13 bits per heavy atom. The number of aliphatic hydroxyl groups is 1. The molecule has 0 aromatic rings. The maximum atomic E-state index is 13.2. The normalized spacial score (nSPS) is 55.0. The lowest BCUT2D eigenvalue weighted by Gasteiger charge is -2.57. The molecule has 0 amide bonds. The number of aliphatic hydroxyl groups excluding tert-OH is 1. The highest BCUT2D eigenvalue weighted by Crippen LogP contribution is 2.77. The van der Waals surface area contributed by atoms with Crippen LogP contribution in [0, 0.1) is 22.7 Å². The third-order valence-electron chi connectivity index (χ3n) is 9.89. The monoisotopic (exact) mass is 416 g/mol. The van der Waals surface area contributed by atoms with Gasteiger partial charge in [0, 0.05) is 17.3 Å². The Kier molecular flexibility index (Phi) is 3.56. The van der Waals surface area contributed by atoms with Gasteiger partial charge in [0.25, 0.3) is 0 Å². The Morgan fingerprint density at radius 2 is 1.90 bits per heavy atom. The van der Waals surface area contributed by atoms with E-state index in [1.54, 1.807) is 0 Å². The van der Waals surface area contributed by atoms with Crippen LogP contribution in [0.15, 0.2) is 11.6 Å². The summed E-state index contributed by atoms with van der Waals surface area (Å²) in [5, 5.41) is 9.88. The lowest BCUT2D eigenvalue weighted by molar-refractivity contribution is -0.212. The molecule has 30 heavy (non-hydrogen) atoms. The van der Waals surface area contributed by atoms with Crippen LogP contribution < -0.4 is 0 Å². The zero-order valence-electron chi connectivity index (χ0n) is 18.3. The third kappa shape index (κ3) is 1.93. The van der Waals surface area contributed by atoms with Gasteiger partial charge >= 0.3 is 0 Å². The number of hydrogen-bond donors (Lipinski definition) is 1. The highest BCUT2D eigenvalue weighted by atomic mass is 16.8. The minimum absolute atomic E-state index is 0.0556. The third-order valence-corrected chi connectivity index (χ3v) is 9.89. The molecule has 0 bridgehead atoms. The number of Topliss-reactive ketones (excluding diaryl/α,β-unsaturated/α-hetero) is 1. The SMILES string of the molecule is CC1(C)O[C@@H]2C[C@H]3[C@@H]4CCC5=CC(=O)CC[C@]5(C)[C@@]45O[C@H]5C[C@]3(C)[C@]2(C(=O)CO)O1. The maximum Gasteiger partial charge on any atom is 0.193 e. The standard InChI is InChI=1S/C24H32O6/c1-20(2)28-18-10-16-15-6-5-13-9-14(26)7-8-21(13,3)23(15)19(29-23)11-22(16,4)24(18,30-20)17(27)12-25/h9,15-16,18-19,25H,5-8,10-12H2,1-4H3/t15-,16-,18+,19-,21-,22-,23+,24+/m0/s1. The van der Waals surface area contributed by atoms with E-state index in [0.29, 0.717) is 12.3 Å². The molecule has 1 N–H and O–H groups in total. The van der Waals surface area contributed by atoms with Crippen LogP contribution in [0.2, 0.25) is 0 Å². The second-order valence-corrected chi connectivity index (χ2v) is 11.4. The van der Waals surface area contributed by atoms with E-state index in [9.17, 15) is 14.7 Å². The molecule has 6 rings (SSSR count). The van der Waals surface area contributed by atoms with Gasteiger partial charge < -0.3 is 19.3 Å². The molecular weight excluding hydrogens is 384 g/mol. The summed E-state index contributed by atoms with van der Waals surface area (Å²) < 4.78 is 19.3. The van der Waals surface area contributed by atoms with Gasteiger partial charge in [-0.05, 0) is 63.9 Å². The number of carbonyl (C=O) groups is 2. The zero-order chi connectivity index (χ0) is 21.3. The molecule has 5 fully saturated rings. The molecule has 0 aromatic carbocycles. The quantitative estimate of drug-likeness (QED) is 0.697. The number of fused-ring (bicyclic) bond motifs is 5. The summed E-state index contributed by atoms with van der Waals surface area (Å²) in [6, 6.07) is 0. The Morgan fingerprint density at radius 3 is 2.63 bits per heavy atom. The van der Waals surface area contributed by atoms with Gasteiger partial charge in [-0.1, -0.05) is 19.4 Å². The summed E-state index contributed by atoms with van der Waals surface area (Å²) in [5.41, 5.74) is -0.646. The van der Waals surface area contributed by atoms with Crippen molar-refractivity contribution in [2.24, 2.45) is 22.7 Å². The Labute approximate surface area is 177 Å². The topological polar surface area (TPSA) is 85.4 Å². The van der Waals surface area contributed by atoms with E-state index in [4.69, 9.17) is 14.2 Å². The maximum absolute atomic E-state index is 13.2. The van der Waals surface area contributed by atoms with E-state index in [1.165, 1.54) is 5.57 Å². The number of ether oxygens (including phenoxy) is 3. The predicted molar refractivity (Wildman–Crippen MR) is 106 cm³/mol. The molecule has 8 atom stereocenters. The minimum atomic E-state index is -1.12. The molecule has 164 valence electrons. The van der Waals surface area contributed by atoms with E-state index in [-0.39, 0.29) is 40.7 Å². The molecule has 0 aromatic heterocycles. The molecule has 0 unspecified atom stereocenters. The molecule has 1 spiro atoms. The number of hydrogen-bond acceptors (Lipinski definition) is 6.